The summed E-state index contributed by atoms with van der Waals surface area (Å²) in [5, 5.41) is 0.919. The second-order valence-corrected chi connectivity index (χ2v) is 10.4. The smallest absolute Gasteiger partial charge is 0.285 e. The first-order valence-corrected chi connectivity index (χ1v) is 12.6. The van der Waals surface area contributed by atoms with Gasteiger partial charge in [-0.25, -0.2) is 4.98 Å². The Morgan fingerprint density at radius 1 is 1.28 bits per heavy atom. The molecule has 0 N–H and O–H groups in total. The highest BCUT2D eigenvalue weighted by molar-refractivity contribution is 9.07. The van der Waals surface area contributed by atoms with E-state index in [-0.39, 0.29) is 18.1 Å². The van der Waals surface area contributed by atoms with Crippen LogP contribution in [0.25, 0.3) is 10.4 Å². The van der Waals surface area contributed by atoms with E-state index in [4.69, 9.17) is 4.99 Å². The Hall–Kier alpha value is -2.29. The van der Waals surface area contributed by atoms with Gasteiger partial charge in [0.05, 0.1) is 26.0 Å². The van der Waals surface area contributed by atoms with E-state index < -0.39 is 0 Å². The summed E-state index contributed by atoms with van der Waals surface area (Å²) in [5.74, 6) is 1.00. The van der Waals surface area contributed by atoms with Crippen LogP contribution in [0.4, 0.5) is 0 Å². The third-order valence-corrected chi connectivity index (χ3v) is 8.09. The van der Waals surface area contributed by atoms with Gasteiger partial charge in [0, 0.05) is 38.2 Å². The number of benzene rings is 1. The van der Waals surface area contributed by atoms with Gasteiger partial charge in [-0.3, -0.25) is 8.72 Å². The molecular weight excluding hydrogens is 486 g/mol. The summed E-state index contributed by atoms with van der Waals surface area (Å²) >= 11 is 5.15. The number of hydrogen-bond donors (Lipinski definition) is 0. The van der Waals surface area contributed by atoms with Gasteiger partial charge in [0.2, 0.25) is 6.17 Å². The zero-order chi connectivity index (χ0) is 22.2. The quantitative estimate of drug-likeness (QED) is 0.408. The number of aliphatic imine (C=N–C) groups is 1. The molecule has 8 heteroatoms. The lowest BCUT2D eigenvalue weighted by Gasteiger charge is -2.35. The molecule has 2 atom stereocenters. The monoisotopic (exact) mass is 511 g/mol. The number of fused-ring (bicyclic) bond motifs is 1. The highest BCUT2D eigenvalue weighted by Gasteiger charge is 2.40. The summed E-state index contributed by atoms with van der Waals surface area (Å²) in [6.45, 7) is 4.87. The predicted molar refractivity (Wildman–Crippen MR) is 133 cm³/mol. The van der Waals surface area contributed by atoms with E-state index in [0.29, 0.717) is 5.69 Å². The van der Waals surface area contributed by atoms with Gasteiger partial charge in [0.25, 0.3) is 11.7 Å². The third-order valence-electron chi connectivity index (χ3n) is 6.24. The summed E-state index contributed by atoms with van der Waals surface area (Å²) in [7, 11) is 0. The molecule has 165 valence electrons. The van der Waals surface area contributed by atoms with Gasteiger partial charge in [-0.05, 0) is 31.7 Å². The maximum Gasteiger partial charge on any atom is 0.285 e. The maximum absolute atomic E-state index is 13.7. The molecule has 2 aromatic rings. The number of nitrogens with zero attached hydrogens (tertiary/aromatic N) is 5. The molecule has 3 aliphatic heterocycles. The highest BCUT2D eigenvalue weighted by atomic mass is 79.9. The Kier molecular flexibility index (Phi) is 6.01. The zero-order valence-electron chi connectivity index (χ0n) is 18.2. The average Bonchev–Trinajstić information content (AvgIpc) is 3.40. The number of piperidine rings is 1. The maximum atomic E-state index is 13.7. The van der Waals surface area contributed by atoms with Crippen LogP contribution in [0, 0.1) is 6.92 Å². The van der Waals surface area contributed by atoms with Crippen molar-refractivity contribution in [2.24, 2.45) is 4.99 Å². The fourth-order valence-corrected chi connectivity index (χ4v) is 5.81. The third kappa shape index (κ3) is 4.07. The molecule has 1 aromatic carbocycles. The van der Waals surface area contributed by atoms with Crippen LogP contribution in [-0.4, -0.2) is 44.3 Å². The van der Waals surface area contributed by atoms with Crippen molar-refractivity contribution in [1.29, 1.82) is 0 Å². The molecule has 32 heavy (non-hydrogen) atoms. The minimum absolute atomic E-state index is 0.0433. The minimum atomic E-state index is 0.0433. The molecule has 1 aromatic heterocycles. The minimum Gasteiger partial charge on any atom is -0.334 e. The molecule has 0 bridgehead atoms. The molecule has 5 rings (SSSR count). The Bertz CT molecular complexity index is 1110. The van der Waals surface area contributed by atoms with Crippen LogP contribution in [-0.2, 0) is 0 Å². The van der Waals surface area contributed by atoms with Crippen molar-refractivity contribution >= 4 is 39.2 Å². The SMILES string of the molecule is Cc1nc(C(=O)N2CCCC[C@H]2CC2=C[N+]3C(=N2)C=CN(Br)C3C)c(-c2ccccc2)s1. The van der Waals surface area contributed by atoms with Gasteiger partial charge in [-0.1, -0.05) is 35.2 Å². The van der Waals surface area contributed by atoms with Crippen molar-refractivity contribution < 1.29 is 4.79 Å². The lowest BCUT2D eigenvalue weighted by Crippen LogP contribution is -2.46. The Balaban J connectivity index is 1.39. The first kappa shape index (κ1) is 21.6. The first-order chi connectivity index (χ1) is 15.5. The Morgan fingerprint density at radius 3 is 2.91 bits per heavy atom. The van der Waals surface area contributed by atoms with Gasteiger partial charge in [-0.2, -0.15) is 4.99 Å². The fourth-order valence-electron chi connectivity index (χ4n) is 4.58. The van der Waals surface area contributed by atoms with Crippen LogP contribution in [0.3, 0.4) is 0 Å². The van der Waals surface area contributed by atoms with E-state index in [1.807, 2.05) is 46.2 Å². The molecule has 6 nitrogen and oxygen atoms in total. The van der Waals surface area contributed by atoms with Crippen LogP contribution < -0.4 is 4.90 Å². The molecule has 1 amide bonds. The van der Waals surface area contributed by atoms with Gasteiger partial charge in [0.15, 0.2) is 6.20 Å². The van der Waals surface area contributed by atoms with Crippen molar-refractivity contribution in [2.75, 3.05) is 6.54 Å². The molecule has 0 spiro atoms. The van der Waals surface area contributed by atoms with Crippen LogP contribution >= 0.6 is 27.5 Å². The predicted octanol–water partition coefficient (Wildman–Crippen LogP) is 5.38. The van der Waals surface area contributed by atoms with Crippen molar-refractivity contribution in [3.63, 3.8) is 0 Å². The van der Waals surface area contributed by atoms with E-state index >= 15 is 0 Å². The van der Waals surface area contributed by atoms with E-state index in [1.165, 1.54) is 0 Å². The number of halogens is 1. The molecule has 1 unspecified atom stereocenters. The summed E-state index contributed by atoms with van der Waals surface area (Å²) in [5.41, 5.74) is 2.67. The first-order valence-electron chi connectivity index (χ1n) is 11.0. The number of rotatable bonds is 4. The molecule has 1 saturated heterocycles. The number of aromatic nitrogens is 1. The lowest BCUT2D eigenvalue weighted by molar-refractivity contribution is 0.0608. The number of amidine groups is 1. The van der Waals surface area contributed by atoms with E-state index in [2.05, 4.69) is 51.3 Å². The molecule has 3 aliphatic rings. The van der Waals surface area contributed by atoms with E-state index in [9.17, 15) is 4.79 Å². The summed E-state index contributed by atoms with van der Waals surface area (Å²) in [6.07, 6.45) is 10.2. The number of amides is 1. The van der Waals surface area contributed by atoms with Gasteiger partial charge in [0.1, 0.15) is 11.4 Å². The summed E-state index contributed by atoms with van der Waals surface area (Å²) in [6, 6.07) is 10.2. The zero-order valence-corrected chi connectivity index (χ0v) is 20.6. The number of aryl methyl sites for hydroxylation is 1. The second-order valence-electron chi connectivity index (χ2n) is 8.42. The lowest BCUT2D eigenvalue weighted by atomic mass is 9.97. The van der Waals surface area contributed by atoms with Crippen molar-refractivity contribution in [1.82, 2.24) is 18.7 Å². The number of carbonyl (C=O) groups excluding carboxylic acids is 1. The average molecular weight is 512 g/mol. The van der Waals surface area contributed by atoms with Gasteiger partial charge < -0.3 is 4.90 Å². The Labute approximate surface area is 201 Å². The van der Waals surface area contributed by atoms with Crippen molar-refractivity contribution in [3.05, 3.63) is 65.2 Å². The second kappa shape index (κ2) is 8.92. The highest BCUT2D eigenvalue weighted by Crippen LogP contribution is 2.34. The van der Waals surface area contributed by atoms with Crippen LogP contribution in [0.5, 0.6) is 0 Å². The standard InChI is InChI=1S/C24H26BrN5OS/c1-16-26-22(23(32-16)18-8-4-3-5-9-18)24(31)28-12-7-6-10-20(28)14-19-15-29-17(2)30(25)13-11-21(29)27-19/h3-5,8-9,11,13,15,17,20H,6-7,10,12,14H2,1-2H3/q+1/t17?,20-/m0/s1. The van der Waals surface area contributed by atoms with Crippen LogP contribution in [0.1, 0.15) is 48.1 Å². The van der Waals surface area contributed by atoms with Gasteiger partial charge >= 0.3 is 0 Å². The number of thiazole rings is 1. The van der Waals surface area contributed by atoms with Crippen LogP contribution in [0.2, 0.25) is 0 Å². The largest absolute Gasteiger partial charge is 0.334 e. The van der Waals surface area contributed by atoms with Crippen molar-refractivity contribution in [2.45, 2.75) is 51.7 Å². The fraction of sp³-hybridized carbons (Fsp3) is 0.375. The van der Waals surface area contributed by atoms with E-state index in [1.54, 1.807) is 11.3 Å². The topological polar surface area (TPSA) is 54.7 Å². The summed E-state index contributed by atoms with van der Waals surface area (Å²) in [4.78, 5) is 28.4. The number of carbonyl (C=O) groups is 1. The molecule has 4 heterocycles. The molecule has 0 aliphatic carbocycles. The molecule has 1 fully saturated rings. The molecular formula is C24H26BrN5OS+. The summed E-state index contributed by atoms with van der Waals surface area (Å²) < 4.78 is 1.98. The van der Waals surface area contributed by atoms with Crippen molar-refractivity contribution in [3.8, 4) is 10.4 Å². The van der Waals surface area contributed by atoms with E-state index in [0.717, 1.165) is 59.2 Å². The van der Waals surface area contributed by atoms with Gasteiger partial charge in [-0.15, -0.1) is 11.3 Å². The number of likely N-dealkylation sites (tertiary alicyclic amines) is 1. The normalized spacial score (nSPS) is 23.2. The number of hydrogen-bond acceptors (Lipinski definition) is 6. The molecule has 0 saturated carbocycles. The Morgan fingerprint density at radius 2 is 2.09 bits per heavy atom. The molecule has 1 radical (unpaired) electrons. The van der Waals surface area contributed by atoms with Crippen LogP contribution in [0.15, 0.2) is 59.5 Å².